The number of aromatic nitrogens is 3. The maximum atomic E-state index is 5.37. The van der Waals surface area contributed by atoms with Crippen LogP contribution in [-0.2, 0) is 18.4 Å². The van der Waals surface area contributed by atoms with Crippen molar-refractivity contribution in [2.45, 2.75) is 26.4 Å². The highest BCUT2D eigenvalue weighted by atomic mass is 16.5. The predicted octanol–water partition coefficient (Wildman–Crippen LogP) is 2.62. The van der Waals surface area contributed by atoms with Crippen LogP contribution in [0.25, 0.3) is 11.4 Å². The van der Waals surface area contributed by atoms with Gasteiger partial charge in [-0.1, -0.05) is 0 Å². The van der Waals surface area contributed by atoms with E-state index in [1.165, 1.54) is 31.6 Å². The first-order valence-corrected chi connectivity index (χ1v) is 7.61. The third-order valence-electron chi connectivity index (χ3n) is 3.84. The Kier molecular flexibility index (Phi) is 4.20. The molecule has 0 bridgehead atoms. The smallest absolute Gasteiger partial charge is 0.176 e. The lowest BCUT2D eigenvalue weighted by Crippen LogP contribution is -2.17. The van der Waals surface area contributed by atoms with E-state index in [4.69, 9.17) is 4.74 Å². The highest BCUT2D eigenvalue weighted by Crippen LogP contribution is 2.24. The Labute approximate surface area is 125 Å². The average Bonchev–Trinajstić information content (AvgIpc) is 3.15. The van der Waals surface area contributed by atoms with Gasteiger partial charge in [0.2, 0.25) is 0 Å². The van der Waals surface area contributed by atoms with Crippen molar-refractivity contribution in [3.8, 4) is 11.4 Å². The van der Waals surface area contributed by atoms with Gasteiger partial charge in [-0.05, 0) is 44.0 Å². The molecule has 112 valence electrons. The largest absolute Gasteiger partial charge is 0.374 e. The van der Waals surface area contributed by atoms with Crippen LogP contribution in [0.3, 0.4) is 0 Å². The molecule has 0 aliphatic carbocycles. The van der Waals surface area contributed by atoms with Gasteiger partial charge in [-0.3, -0.25) is 0 Å². The summed E-state index contributed by atoms with van der Waals surface area (Å²) in [6.07, 6.45) is 2.59. The molecule has 1 aliphatic rings. The second-order valence-electron chi connectivity index (χ2n) is 5.35. The van der Waals surface area contributed by atoms with E-state index < -0.39 is 0 Å². The lowest BCUT2D eigenvalue weighted by Gasteiger charge is -2.17. The first-order valence-electron chi connectivity index (χ1n) is 7.61. The number of anilines is 1. The second-order valence-corrected chi connectivity index (χ2v) is 5.35. The highest BCUT2D eigenvalue weighted by Gasteiger charge is 2.13. The molecular weight excluding hydrogens is 264 g/mol. The number of rotatable bonds is 5. The van der Waals surface area contributed by atoms with Crippen LogP contribution < -0.4 is 4.90 Å². The van der Waals surface area contributed by atoms with Crippen LogP contribution >= 0.6 is 0 Å². The predicted molar refractivity (Wildman–Crippen MR) is 83.2 cm³/mol. The molecule has 1 saturated heterocycles. The van der Waals surface area contributed by atoms with Crippen LogP contribution in [0.2, 0.25) is 0 Å². The third-order valence-corrected chi connectivity index (χ3v) is 3.84. The summed E-state index contributed by atoms with van der Waals surface area (Å²) >= 11 is 0. The monoisotopic (exact) mass is 286 g/mol. The summed E-state index contributed by atoms with van der Waals surface area (Å²) in [6.45, 7) is 5.46. The van der Waals surface area contributed by atoms with Gasteiger partial charge in [-0.15, -0.1) is 0 Å². The summed E-state index contributed by atoms with van der Waals surface area (Å²) in [4.78, 5) is 6.99. The first-order chi connectivity index (χ1) is 10.3. The van der Waals surface area contributed by atoms with Gasteiger partial charge in [0.05, 0.1) is 0 Å². The van der Waals surface area contributed by atoms with Gasteiger partial charge in [0.1, 0.15) is 6.61 Å². The molecule has 0 unspecified atom stereocenters. The zero-order valence-electron chi connectivity index (χ0n) is 12.7. The van der Waals surface area contributed by atoms with Crippen molar-refractivity contribution in [1.82, 2.24) is 14.8 Å². The standard InChI is InChI=1S/C16H22N4O/c1-3-21-12-15-17-16(19(2)18-15)13-6-8-14(9-7-13)20-10-4-5-11-20/h6-9H,3-5,10-12H2,1-2H3. The van der Waals surface area contributed by atoms with Crippen molar-refractivity contribution in [2.24, 2.45) is 7.05 Å². The average molecular weight is 286 g/mol. The molecule has 0 saturated carbocycles. The molecular formula is C16H22N4O. The Morgan fingerprint density at radius 1 is 1.14 bits per heavy atom. The maximum Gasteiger partial charge on any atom is 0.176 e. The molecule has 5 heteroatoms. The summed E-state index contributed by atoms with van der Waals surface area (Å²) in [5, 5.41) is 4.39. The van der Waals surface area contributed by atoms with Crippen LogP contribution in [0.4, 0.5) is 5.69 Å². The zero-order valence-corrected chi connectivity index (χ0v) is 12.7. The molecule has 3 rings (SSSR count). The van der Waals surface area contributed by atoms with Crippen LogP contribution in [0.5, 0.6) is 0 Å². The topological polar surface area (TPSA) is 43.2 Å². The zero-order chi connectivity index (χ0) is 14.7. The second kappa shape index (κ2) is 6.26. The molecule has 1 aliphatic heterocycles. The first kappa shape index (κ1) is 14.1. The van der Waals surface area contributed by atoms with E-state index in [1.54, 1.807) is 0 Å². The molecule has 1 aromatic carbocycles. The Morgan fingerprint density at radius 2 is 1.86 bits per heavy atom. The third kappa shape index (κ3) is 3.08. The fraction of sp³-hybridized carbons (Fsp3) is 0.500. The molecule has 2 aromatic rings. The minimum Gasteiger partial charge on any atom is -0.374 e. The lowest BCUT2D eigenvalue weighted by atomic mass is 10.2. The molecule has 2 heterocycles. The van der Waals surface area contributed by atoms with Gasteiger partial charge in [-0.25, -0.2) is 9.67 Å². The number of aryl methyl sites for hydroxylation is 1. The lowest BCUT2D eigenvalue weighted by molar-refractivity contribution is 0.128. The van der Waals surface area contributed by atoms with Gasteiger partial charge in [0.15, 0.2) is 11.6 Å². The molecule has 0 spiro atoms. The molecule has 5 nitrogen and oxygen atoms in total. The van der Waals surface area contributed by atoms with Crippen LogP contribution in [0, 0.1) is 0 Å². The summed E-state index contributed by atoms with van der Waals surface area (Å²) in [5.74, 6) is 1.62. The van der Waals surface area contributed by atoms with Crippen LogP contribution in [-0.4, -0.2) is 34.5 Å². The van der Waals surface area contributed by atoms with Crippen molar-refractivity contribution in [3.63, 3.8) is 0 Å². The van der Waals surface area contributed by atoms with E-state index in [2.05, 4.69) is 39.2 Å². The molecule has 0 radical (unpaired) electrons. The number of ether oxygens (including phenoxy) is 1. The summed E-state index contributed by atoms with van der Waals surface area (Å²) in [7, 11) is 1.92. The molecule has 1 aromatic heterocycles. The number of hydrogen-bond donors (Lipinski definition) is 0. The van der Waals surface area contributed by atoms with Gasteiger partial charge in [0, 0.05) is 38.0 Å². The van der Waals surface area contributed by atoms with Crippen molar-refractivity contribution in [2.75, 3.05) is 24.6 Å². The molecule has 21 heavy (non-hydrogen) atoms. The summed E-state index contributed by atoms with van der Waals surface area (Å²) in [5.41, 5.74) is 2.39. The minimum absolute atomic E-state index is 0.468. The number of benzene rings is 1. The molecule has 1 fully saturated rings. The van der Waals surface area contributed by atoms with Gasteiger partial charge in [-0.2, -0.15) is 5.10 Å². The maximum absolute atomic E-state index is 5.37. The molecule has 0 atom stereocenters. The normalized spacial score (nSPS) is 14.9. The fourth-order valence-corrected chi connectivity index (χ4v) is 2.74. The van der Waals surface area contributed by atoms with E-state index in [1.807, 2.05) is 18.7 Å². The van der Waals surface area contributed by atoms with Gasteiger partial charge < -0.3 is 9.64 Å². The SMILES string of the molecule is CCOCc1nc(-c2ccc(N3CCCC3)cc2)n(C)n1. The Bertz CT molecular complexity index is 585. The van der Waals surface area contributed by atoms with Crippen molar-refractivity contribution in [3.05, 3.63) is 30.1 Å². The van der Waals surface area contributed by atoms with Gasteiger partial charge >= 0.3 is 0 Å². The molecule has 0 amide bonds. The number of hydrogen-bond acceptors (Lipinski definition) is 4. The van der Waals surface area contributed by atoms with E-state index in [0.29, 0.717) is 13.2 Å². The van der Waals surface area contributed by atoms with Crippen molar-refractivity contribution >= 4 is 5.69 Å². The minimum atomic E-state index is 0.468. The van der Waals surface area contributed by atoms with Crippen LogP contribution in [0.15, 0.2) is 24.3 Å². The van der Waals surface area contributed by atoms with E-state index in [0.717, 1.165) is 17.2 Å². The Hall–Kier alpha value is -1.88. The van der Waals surface area contributed by atoms with Crippen molar-refractivity contribution < 1.29 is 4.74 Å². The van der Waals surface area contributed by atoms with E-state index in [9.17, 15) is 0 Å². The quantitative estimate of drug-likeness (QED) is 0.847. The number of nitrogens with zero attached hydrogens (tertiary/aromatic N) is 4. The van der Waals surface area contributed by atoms with Crippen molar-refractivity contribution in [1.29, 1.82) is 0 Å². The fourth-order valence-electron chi connectivity index (χ4n) is 2.74. The Balaban J connectivity index is 1.78. The highest BCUT2D eigenvalue weighted by molar-refractivity contribution is 5.60. The van der Waals surface area contributed by atoms with Gasteiger partial charge in [0.25, 0.3) is 0 Å². The molecule has 0 N–H and O–H groups in total. The Morgan fingerprint density at radius 3 is 2.52 bits per heavy atom. The van der Waals surface area contributed by atoms with E-state index in [-0.39, 0.29) is 0 Å². The van der Waals surface area contributed by atoms with E-state index >= 15 is 0 Å². The van der Waals surface area contributed by atoms with Crippen LogP contribution in [0.1, 0.15) is 25.6 Å². The summed E-state index contributed by atoms with van der Waals surface area (Å²) < 4.78 is 7.18. The summed E-state index contributed by atoms with van der Waals surface area (Å²) in [6, 6.07) is 8.61.